The fourth-order valence-corrected chi connectivity index (χ4v) is 3.73. The Morgan fingerprint density at radius 3 is 2.44 bits per heavy atom. The van der Waals surface area contributed by atoms with Crippen molar-refractivity contribution in [2.75, 3.05) is 19.6 Å². The molecular weight excluding hydrogens is 310 g/mol. The van der Waals surface area contributed by atoms with Crippen molar-refractivity contribution in [2.24, 2.45) is 11.7 Å². The highest BCUT2D eigenvalue weighted by molar-refractivity contribution is 5.52. The minimum Gasteiger partial charge on any atom is -0.444 e. The molecule has 0 saturated carbocycles. The number of likely N-dealkylation sites (tertiary alicyclic amines) is 1. The monoisotopic (exact) mass is 333 g/mol. The first-order valence-electron chi connectivity index (χ1n) is 8.80. The Morgan fingerprint density at radius 1 is 1.00 bits per heavy atom. The largest absolute Gasteiger partial charge is 0.444 e. The van der Waals surface area contributed by atoms with Gasteiger partial charge >= 0.3 is 0 Å². The molecule has 4 rings (SSSR count). The van der Waals surface area contributed by atoms with Gasteiger partial charge in [-0.25, -0.2) is 4.98 Å². The quantitative estimate of drug-likeness (QED) is 0.776. The van der Waals surface area contributed by atoms with Crippen molar-refractivity contribution in [2.45, 2.75) is 12.5 Å². The molecule has 2 atom stereocenters. The first-order valence-corrected chi connectivity index (χ1v) is 8.80. The van der Waals surface area contributed by atoms with Crippen molar-refractivity contribution in [1.82, 2.24) is 9.88 Å². The third-order valence-electron chi connectivity index (χ3n) is 5.01. The van der Waals surface area contributed by atoms with Gasteiger partial charge in [-0.3, -0.25) is 4.90 Å². The Kier molecular flexibility index (Phi) is 4.63. The third kappa shape index (κ3) is 3.50. The second-order valence-corrected chi connectivity index (χ2v) is 6.72. The van der Waals surface area contributed by atoms with E-state index in [9.17, 15) is 0 Å². The fraction of sp³-hybridized carbons (Fsp3) is 0.286. The summed E-state index contributed by atoms with van der Waals surface area (Å²) in [7, 11) is 0. The number of hydrogen-bond donors (Lipinski definition) is 1. The second kappa shape index (κ2) is 7.21. The Balaban J connectivity index is 1.46. The average molecular weight is 333 g/mol. The zero-order chi connectivity index (χ0) is 17.1. The number of rotatable bonds is 5. The lowest BCUT2D eigenvalue weighted by Crippen LogP contribution is -2.23. The average Bonchev–Trinajstić information content (AvgIpc) is 3.30. The molecule has 1 aliphatic heterocycles. The van der Waals surface area contributed by atoms with Gasteiger partial charge in [0.15, 0.2) is 0 Å². The van der Waals surface area contributed by atoms with Gasteiger partial charge in [0.1, 0.15) is 6.26 Å². The van der Waals surface area contributed by atoms with Gasteiger partial charge in [-0.05, 0) is 30.2 Å². The van der Waals surface area contributed by atoms with Crippen LogP contribution in [0.2, 0.25) is 0 Å². The van der Waals surface area contributed by atoms with Gasteiger partial charge in [0.2, 0.25) is 5.89 Å². The van der Waals surface area contributed by atoms with E-state index >= 15 is 0 Å². The standard InChI is InChI=1S/C21H23N3O/c22-11-18-12-24(14-20(18)16-7-3-1-4-8-16)13-19-15-25-21(23-19)17-9-5-2-6-10-17/h1-10,15,18,20H,11-14,22H2/t18-,20+/m1/s1. The summed E-state index contributed by atoms with van der Waals surface area (Å²) in [5.41, 5.74) is 9.40. The highest BCUT2D eigenvalue weighted by atomic mass is 16.3. The lowest BCUT2D eigenvalue weighted by atomic mass is 9.89. The summed E-state index contributed by atoms with van der Waals surface area (Å²) < 4.78 is 5.66. The van der Waals surface area contributed by atoms with Crippen LogP contribution in [0.4, 0.5) is 0 Å². The predicted molar refractivity (Wildman–Crippen MR) is 98.9 cm³/mol. The molecule has 2 heterocycles. The molecule has 0 spiro atoms. The molecular formula is C21H23N3O. The van der Waals surface area contributed by atoms with Crippen molar-refractivity contribution in [3.63, 3.8) is 0 Å². The van der Waals surface area contributed by atoms with Crippen LogP contribution in [0.25, 0.3) is 11.5 Å². The van der Waals surface area contributed by atoms with E-state index in [0.29, 0.717) is 24.3 Å². The van der Waals surface area contributed by atoms with E-state index in [-0.39, 0.29) is 0 Å². The maximum atomic E-state index is 6.04. The zero-order valence-electron chi connectivity index (χ0n) is 14.2. The molecule has 1 aromatic heterocycles. The highest BCUT2D eigenvalue weighted by Gasteiger charge is 2.33. The predicted octanol–water partition coefficient (Wildman–Crippen LogP) is 3.52. The van der Waals surface area contributed by atoms with Crippen LogP contribution >= 0.6 is 0 Å². The molecule has 128 valence electrons. The summed E-state index contributed by atoms with van der Waals surface area (Å²) in [6.07, 6.45) is 1.77. The van der Waals surface area contributed by atoms with Crippen LogP contribution in [0.15, 0.2) is 71.3 Å². The van der Waals surface area contributed by atoms with Gasteiger partial charge in [-0.15, -0.1) is 0 Å². The van der Waals surface area contributed by atoms with Gasteiger partial charge in [0.05, 0.1) is 5.69 Å². The van der Waals surface area contributed by atoms with E-state index in [2.05, 4.69) is 40.2 Å². The molecule has 2 N–H and O–H groups in total. The second-order valence-electron chi connectivity index (χ2n) is 6.72. The molecule has 1 fully saturated rings. The Bertz CT molecular complexity index is 800. The van der Waals surface area contributed by atoms with Gasteiger partial charge in [-0.2, -0.15) is 0 Å². The first-order chi connectivity index (χ1) is 12.3. The van der Waals surface area contributed by atoms with Crippen molar-refractivity contribution < 1.29 is 4.42 Å². The summed E-state index contributed by atoms with van der Waals surface area (Å²) >= 11 is 0. The van der Waals surface area contributed by atoms with E-state index < -0.39 is 0 Å². The number of benzene rings is 2. The molecule has 0 unspecified atom stereocenters. The number of oxazole rings is 1. The minimum atomic E-state index is 0.489. The summed E-state index contributed by atoms with van der Waals surface area (Å²) in [5.74, 6) is 1.67. The van der Waals surface area contributed by atoms with Crippen molar-refractivity contribution in [3.8, 4) is 11.5 Å². The summed E-state index contributed by atoms with van der Waals surface area (Å²) in [6, 6.07) is 20.7. The van der Waals surface area contributed by atoms with Gasteiger partial charge < -0.3 is 10.2 Å². The summed E-state index contributed by atoms with van der Waals surface area (Å²) in [4.78, 5) is 7.09. The lowest BCUT2D eigenvalue weighted by Gasteiger charge is -2.16. The summed E-state index contributed by atoms with van der Waals surface area (Å²) in [6.45, 7) is 3.53. The molecule has 4 heteroatoms. The molecule has 2 aromatic carbocycles. The van der Waals surface area contributed by atoms with Gasteiger partial charge in [0, 0.05) is 31.1 Å². The molecule has 0 bridgehead atoms. The first kappa shape index (κ1) is 16.1. The van der Waals surface area contributed by atoms with Crippen LogP contribution in [0.5, 0.6) is 0 Å². The Morgan fingerprint density at radius 2 is 1.72 bits per heavy atom. The zero-order valence-corrected chi connectivity index (χ0v) is 14.2. The van der Waals surface area contributed by atoms with Crippen molar-refractivity contribution >= 4 is 0 Å². The van der Waals surface area contributed by atoms with Crippen LogP contribution < -0.4 is 5.73 Å². The number of nitrogens with two attached hydrogens (primary N) is 1. The van der Waals surface area contributed by atoms with Crippen LogP contribution in [0, 0.1) is 5.92 Å². The highest BCUT2D eigenvalue weighted by Crippen LogP contribution is 2.33. The normalized spacial score (nSPS) is 20.8. The van der Waals surface area contributed by atoms with E-state index in [1.807, 2.05) is 30.3 Å². The van der Waals surface area contributed by atoms with Crippen LogP contribution in [0.1, 0.15) is 17.2 Å². The molecule has 3 aromatic rings. The van der Waals surface area contributed by atoms with E-state index in [4.69, 9.17) is 10.2 Å². The van der Waals surface area contributed by atoms with E-state index in [1.165, 1.54) is 5.56 Å². The molecule has 1 saturated heterocycles. The maximum Gasteiger partial charge on any atom is 0.226 e. The maximum absolute atomic E-state index is 6.04. The van der Waals surface area contributed by atoms with E-state index in [0.717, 1.165) is 30.9 Å². The van der Waals surface area contributed by atoms with Gasteiger partial charge in [0.25, 0.3) is 0 Å². The van der Waals surface area contributed by atoms with Crippen molar-refractivity contribution in [1.29, 1.82) is 0 Å². The number of aromatic nitrogens is 1. The van der Waals surface area contributed by atoms with E-state index in [1.54, 1.807) is 6.26 Å². The smallest absolute Gasteiger partial charge is 0.226 e. The minimum absolute atomic E-state index is 0.489. The SMILES string of the molecule is NC[C@@H]1CN(Cc2coc(-c3ccccc3)n2)C[C@H]1c1ccccc1. The topological polar surface area (TPSA) is 55.3 Å². The molecule has 1 aliphatic rings. The Labute approximate surface area is 148 Å². The van der Waals surface area contributed by atoms with Crippen molar-refractivity contribution in [3.05, 3.63) is 78.2 Å². The summed E-state index contributed by atoms with van der Waals surface area (Å²) in [5, 5.41) is 0. The van der Waals surface area contributed by atoms with Gasteiger partial charge in [-0.1, -0.05) is 48.5 Å². The lowest BCUT2D eigenvalue weighted by molar-refractivity contribution is 0.312. The third-order valence-corrected chi connectivity index (χ3v) is 5.01. The molecule has 0 amide bonds. The van der Waals surface area contributed by atoms with Crippen LogP contribution in [-0.2, 0) is 6.54 Å². The Hall–Kier alpha value is -2.43. The molecule has 0 radical (unpaired) electrons. The van der Waals surface area contributed by atoms with Crippen LogP contribution in [-0.4, -0.2) is 29.5 Å². The number of nitrogens with zero attached hydrogens (tertiary/aromatic N) is 2. The molecule has 4 nitrogen and oxygen atoms in total. The molecule has 25 heavy (non-hydrogen) atoms. The van der Waals surface area contributed by atoms with Crippen LogP contribution in [0.3, 0.4) is 0 Å². The number of hydrogen-bond acceptors (Lipinski definition) is 4. The fourth-order valence-electron chi connectivity index (χ4n) is 3.73. The molecule has 0 aliphatic carbocycles.